The number of anilines is 1. The highest BCUT2D eigenvalue weighted by Crippen LogP contribution is 2.26. The molecule has 2 rings (SSSR count). The van der Waals surface area contributed by atoms with Crippen LogP contribution in [0.1, 0.15) is 39.5 Å². The molecule has 0 saturated carbocycles. The van der Waals surface area contributed by atoms with Gasteiger partial charge in [0.15, 0.2) is 0 Å². The van der Waals surface area contributed by atoms with Gasteiger partial charge in [0, 0.05) is 25.3 Å². The zero-order valence-electron chi connectivity index (χ0n) is 12.7. The van der Waals surface area contributed by atoms with Crippen molar-refractivity contribution in [2.24, 2.45) is 0 Å². The molecule has 6 nitrogen and oxygen atoms in total. The van der Waals surface area contributed by atoms with Gasteiger partial charge < -0.3 is 9.64 Å². The highest BCUT2D eigenvalue weighted by atomic mass is 16.6. The van der Waals surface area contributed by atoms with E-state index in [0.29, 0.717) is 6.04 Å². The van der Waals surface area contributed by atoms with Crippen LogP contribution in [0.4, 0.5) is 11.5 Å². The minimum absolute atomic E-state index is 0.0375. The van der Waals surface area contributed by atoms with Crippen LogP contribution >= 0.6 is 0 Å². The summed E-state index contributed by atoms with van der Waals surface area (Å²) < 4.78 is 5.64. The first-order chi connectivity index (χ1) is 10.1. The van der Waals surface area contributed by atoms with Gasteiger partial charge in [0.2, 0.25) is 0 Å². The van der Waals surface area contributed by atoms with Gasteiger partial charge in [-0.25, -0.2) is 4.98 Å². The SMILES string of the molecule is CC(C)OCCC1CCCCN1c1ccc([N+](=O)[O-])cn1. The summed E-state index contributed by atoms with van der Waals surface area (Å²) in [5, 5.41) is 10.7. The standard InChI is InChI=1S/C15H23N3O3/c1-12(2)21-10-8-13-5-3-4-9-17(13)15-7-6-14(11-16-15)18(19)20/h6-7,11-13H,3-5,8-10H2,1-2H3. The van der Waals surface area contributed by atoms with Crippen LogP contribution in [0.5, 0.6) is 0 Å². The van der Waals surface area contributed by atoms with Crippen molar-refractivity contribution in [2.45, 2.75) is 51.7 Å². The van der Waals surface area contributed by atoms with E-state index in [-0.39, 0.29) is 11.8 Å². The van der Waals surface area contributed by atoms with Crippen LogP contribution < -0.4 is 4.90 Å². The lowest BCUT2D eigenvalue weighted by Crippen LogP contribution is -2.40. The van der Waals surface area contributed by atoms with Gasteiger partial charge in [-0.05, 0) is 45.6 Å². The lowest BCUT2D eigenvalue weighted by molar-refractivity contribution is -0.385. The smallest absolute Gasteiger partial charge is 0.287 e. The summed E-state index contributed by atoms with van der Waals surface area (Å²) in [6, 6.07) is 3.68. The number of aromatic nitrogens is 1. The Hall–Kier alpha value is -1.69. The second-order valence-electron chi connectivity index (χ2n) is 5.68. The Balaban J connectivity index is 2.01. The van der Waals surface area contributed by atoms with E-state index in [0.717, 1.165) is 38.2 Å². The highest BCUT2D eigenvalue weighted by Gasteiger charge is 2.23. The molecule has 2 heterocycles. The van der Waals surface area contributed by atoms with Gasteiger partial charge in [-0.15, -0.1) is 0 Å². The third-order valence-corrected chi connectivity index (χ3v) is 3.77. The summed E-state index contributed by atoms with van der Waals surface area (Å²) in [7, 11) is 0. The fourth-order valence-corrected chi connectivity index (χ4v) is 2.70. The van der Waals surface area contributed by atoms with Crippen LogP contribution in [0.2, 0.25) is 0 Å². The molecule has 1 aliphatic rings. The fraction of sp³-hybridized carbons (Fsp3) is 0.667. The molecule has 0 N–H and O–H groups in total. The minimum Gasteiger partial charge on any atom is -0.379 e. The van der Waals surface area contributed by atoms with E-state index in [9.17, 15) is 10.1 Å². The monoisotopic (exact) mass is 293 g/mol. The first kappa shape index (κ1) is 15.7. The molecule has 0 spiro atoms. The van der Waals surface area contributed by atoms with Crippen molar-refractivity contribution in [3.05, 3.63) is 28.4 Å². The molecule has 0 aromatic carbocycles. The maximum absolute atomic E-state index is 10.7. The van der Waals surface area contributed by atoms with Crippen LogP contribution in [0, 0.1) is 10.1 Å². The Morgan fingerprint density at radius 3 is 2.90 bits per heavy atom. The third-order valence-electron chi connectivity index (χ3n) is 3.77. The van der Waals surface area contributed by atoms with E-state index in [2.05, 4.69) is 9.88 Å². The molecule has 0 amide bonds. The van der Waals surface area contributed by atoms with E-state index in [1.807, 2.05) is 13.8 Å². The molecule has 1 aromatic rings. The van der Waals surface area contributed by atoms with Crippen molar-refractivity contribution in [2.75, 3.05) is 18.1 Å². The number of ether oxygens (including phenoxy) is 1. The molecule has 1 atom stereocenters. The minimum atomic E-state index is -0.416. The Morgan fingerprint density at radius 1 is 1.48 bits per heavy atom. The number of rotatable bonds is 6. The largest absolute Gasteiger partial charge is 0.379 e. The second kappa shape index (κ2) is 7.36. The highest BCUT2D eigenvalue weighted by molar-refractivity contribution is 5.44. The van der Waals surface area contributed by atoms with Gasteiger partial charge in [0.25, 0.3) is 5.69 Å². The normalized spacial score (nSPS) is 19.0. The Kier molecular flexibility index (Phi) is 5.50. The lowest BCUT2D eigenvalue weighted by Gasteiger charge is -2.36. The number of nitrogens with zero attached hydrogens (tertiary/aromatic N) is 3. The fourth-order valence-electron chi connectivity index (χ4n) is 2.70. The first-order valence-electron chi connectivity index (χ1n) is 7.56. The van der Waals surface area contributed by atoms with Crippen molar-refractivity contribution in [1.82, 2.24) is 4.98 Å². The zero-order valence-corrected chi connectivity index (χ0v) is 12.7. The van der Waals surface area contributed by atoms with Crippen LogP contribution in [0.3, 0.4) is 0 Å². The van der Waals surface area contributed by atoms with Gasteiger partial charge in [-0.2, -0.15) is 0 Å². The maximum atomic E-state index is 10.7. The average molecular weight is 293 g/mol. The van der Waals surface area contributed by atoms with Crippen molar-refractivity contribution in [3.8, 4) is 0 Å². The number of hydrogen-bond acceptors (Lipinski definition) is 5. The van der Waals surface area contributed by atoms with E-state index in [1.165, 1.54) is 18.7 Å². The van der Waals surface area contributed by atoms with Gasteiger partial charge in [0.1, 0.15) is 12.0 Å². The maximum Gasteiger partial charge on any atom is 0.287 e. The van der Waals surface area contributed by atoms with E-state index in [1.54, 1.807) is 6.07 Å². The summed E-state index contributed by atoms with van der Waals surface area (Å²) >= 11 is 0. The summed E-state index contributed by atoms with van der Waals surface area (Å²) in [5.74, 6) is 0.829. The molecule has 116 valence electrons. The number of pyridine rings is 1. The molecule has 6 heteroatoms. The lowest BCUT2D eigenvalue weighted by atomic mass is 9.99. The van der Waals surface area contributed by atoms with Gasteiger partial charge >= 0.3 is 0 Å². The van der Waals surface area contributed by atoms with Gasteiger partial charge in [0.05, 0.1) is 11.0 Å². The Bertz CT molecular complexity index is 462. The average Bonchev–Trinajstić information content (AvgIpc) is 2.47. The topological polar surface area (TPSA) is 68.5 Å². The molecule has 1 unspecified atom stereocenters. The van der Waals surface area contributed by atoms with Crippen LogP contribution in [0.25, 0.3) is 0 Å². The molecular weight excluding hydrogens is 270 g/mol. The summed E-state index contributed by atoms with van der Waals surface area (Å²) in [4.78, 5) is 16.8. The predicted octanol–water partition coefficient (Wildman–Crippen LogP) is 3.16. The summed E-state index contributed by atoms with van der Waals surface area (Å²) in [6.07, 6.45) is 6.04. The van der Waals surface area contributed by atoms with Crippen molar-refractivity contribution < 1.29 is 9.66 Å². The quantitative estimate of drug-likeness (QED) is 0.595. The molecular formula is C15H23N3O3. The van der Waals surface area contributed by atoms with E-state index >= 15 is 0 Å². The van der Waals surface area contributed by atoms with E-state index < -0.39 is 4.92 Å². The number of nitro groups is 1. The van der Waals surface area contributed by atoms with Crippen molar-refractivity contribution in [1.29, 1.82) is 0 Å². The van der Waals surface area contributed by atoms with Crippen LogP contribution in [-0.4, -0.2) is 35.2 Å². The summed E-state index contributed by atoms with van der Waals surface area (Å²) in [6.45, 7) is 5.77. The summed E-state index contributed by atoms with van der Waals surface area (Å²) in [5.41, 5.74) is 0.0375. The molecule has 1 aromatic heterocycles. The van der Waals surface area contributed by atoms with E-state index in [4.69, 9.17) is 4.74 Å². The Morgan fingerprint density at radius 2 is 2.29 bits per heavy atom. The molecule has 1 fully saturated rings. The second-order valence-corrected chi connectivity index (χ2v) is 5.68. The molecule has 1 saturated heterocycles. The third kappa shape index (κ3) is 4.39. The first-order valence-corrected chi connectivity index (χ1v) is 7.56. The molecule has 0 aliphatic carbocycles. The number of hydrogen-bond donors (Lipinski definition) is 0. The predicted molar refractivity (Wildman–Crippen MR) is 81.6 cm³/mol. The molecule has 1 aliphatic heterocycles. The van der Waals surface area contributed by atoms with Crippen LogP contribution in [0.15, 0.2) is 18.3 Å². The molecule has 0 radical (unpaired) electrons. The number of piperidine rings is 1. The van der Waals surface area contributed by atoms with Crippen molar-refractivity contribution in [3.63, 3.8) is 0 Å². The van der Waals surface area contributed by atoms with Crippen molar-refractivity contribution >= 4 is 11.5 Å². The zero-order chi connectivity index (χ0) is 15.2. The van der Waals surface area contributed by atoms with Gasteiger partial charge in [-0.3, -0.25) is 10.1 Å². The molecule has 21 heavy (non-hydrogen) atoms. The Labute approximate surface area is 125 Å². The van der Waals surface area contributed by atoms with Gasteiger partial charge in [-0.1, -0.05) is 0 Å². The molecule has 0 bridgehead atoms. The van der Waals surface area contributed by atoms with Crippen LogP contribution in [-0.2, 0) is 4.74 Å².